The first-order valence-electron chi connectivity index (χ1n) is 2.41. The molecule has 0 heterocycles. The first-order valence-corrected chi connectivity index (χ1v) is 3.23. The summed E-state index contributed by atoms with van der Waals surface area (Å²) < 4.78 is 4.55. The number of ether oxygens (including phenoxy) is 1. The van der Waals surface area contributed by atoms with Gasteiger partial charge in [-0.05, 0) is 31.4 Å². The maximum absolute atomic E-state index is 7.56. The van der Waals surface area contributed by atoms with E-state index in [9.17, 15) is 0 Å². The van der Waals surface area contributed by atoms with Gasteiger partial charge < -0.3 is 21.3 Å². The minimum atomic E-state index is -0.500. The largest absolute Gasteiger partial charge is 0.487 e. The summed E-state index contributed by atoms with van der Waals surface area (Å²) in [7, 11) is 0. The van der Waals surface area contributed by atoms with Gasteiger partial charge in [0.05, 0.1) is 6.61 Å². The van der Waals surface area contributed by atoms with Gasteiger partial charge in [-0.3, -0.25) is 0 Å². The molecule has 0 aromatic rings. The Balaban J connectivity index is -0.000000114. The molecule has 11 heavy (non-hydrogen) atoms. The van der Waals surface area contributed by atoms with Crippen molar-refractivity contribution >= 4 is 34.8 Å². The molecule has 0 amide bonds. The maximum atomic E-state index is 7.56. The zero-order valence-corrected chi connectivity index (χ0v) is 10.8. The Morgan fingerprint density at radius 3 is 1.73 bits per heavy atom. The summed E-state index contributed by atoms with van der Waals surface area (Å²) in [6.07, 6.45) is 0. The van der Waals surface area contributed by atoms with Crippen LogP contribution in [0.25, 0.3) is 0 Å². The fourth-order valence-corrected chi connectivity index (χ4v) is 0.260. The minimum absolute atomic E-state index is 0. The molecule has 0 saturated heterocycles. The third-order valence-electron chi connectivity index (χ3n) is 0.287. The molecule has 62 valence electrons. The number of hydrogen-bond acceptors (Lipinski definition) is 3. The van der Waals surface area contributed by atoms with Gasteiger partial charge in [0.1, 0.15) is 0 Å². The Labute approximate surface area is 89.0 Å². The molecule has 0 radical (unpaired) electrons. The molecule has 7 heteroatoms. The molecule has 0 aliphatic heterocycles. The standard InChI is InChI=1S/C3H7NOS.CH3NOS.Zn/c1-2-5-3(4)6;2-1(3)4;/h2H2,1H3,(H2,4,6);(H3,2,3,4);. The molecule has 0 aromatic heterocycles. The van der Waals surface area contributed by atoms with E-state index in [1.807, 2.05) is 6.92 Å². The fourth-order valence-electron chi connectivity index (χ4n) is 0.142. The summed E-state index contributed by atoms with van der Waals surface area (Å²) in [5, 5.41) is 7.19. The van der Waals surface area contributed by atoms with Crippen LogP contribution in [0.5, 0.6) is 0 Å². The van der Waals surface area contributed by atoms with E-state index in [2.05, 4.69) is 34.9 Å². The van der Waals surface area contributed by atoms with Crippen LogP contribution in [0.1, 0.15) is 6.92 Å². The third-order valence-corrected chi connectivity index (χ3v) is 0.404. The van der Waals surface area contributed by atoms with Crippen LogP contribution in [0.4, 0.5) is 0 Å². The molecule has 5 N–H and O–H groups in total. The quantitative estimate of drug-likeness (QED) is 0.449. The van der Waals surface area contributed by atoms with Gasteiger partial charge in [-0.2, -0.15) is 0 Å². The van der Waals surface area contributed by atoms with Gasteiger partial charge in [0, 0.05) is 19.5 Å². The SMILES string of the molecule is CCOC(N)=S.NC(O)=S.[Zn]. The Morgan fingerprint density at radius 1 is 1.45 bits per heavy atom. The zero-order chi connectivity index (χ0) is 8.57. The predicted molar refractivity (Wildman–Crippen MR) is 47.8 cm³/mol. The maximum Gasteiger partial charge on any atom is 0.253 e. The van der Waals surface area contributed by atoms with E-state index in [1.54, 1.807) is 0 Å². The Morgan fingerprint density at radius 2 is 1.73 bits per heavy atom. The predicted octanol–water partition coefficient (Wildman–Crippen LogP) is 0.0520. The van der Waals surface area contributed by atoms with Crippen molar-refractivity contribution in [1.82, 2.24) is 0 Å². The van der Waals surface area contributed by atoms with Gasteiger partial charge >= 0.3 is 0 Å². The topological polar surface area (TPSA) is 81.5 Å². The molecule has 0 spiro atoms. The van der Waals surface area contributed by atoms with Gasteiger partial charge in [0.2, 0.25) is 0 Å². The van der Waals surface area contributed by atoms with Crippen LogP contribution in [0, 0.1) is 0 Å². The van der Waals surface area contributed by atoms with Crippen LogP contribution in [0.15, 0.2) is 0 Å². The summed E-state index contributed by atoms with van der Waals surface area (Å²) in [4.78, 5) is 0. The average Bonchev–Trinajstić information content (AvgIpc) is 1.62. The van der Waals surface area contributed by atoms with Crippen LogP contribution in [0.3, 0.4) is 0 Å². The first kappa shape index (κ1) is 17.2. The number of thiocarbonyl (C=S) groups is 2. The van der Waals surface area contributed by atoms with E-state index in [-0.39, 0.29) is 24.7 Å². The van der Waals surface area contributed by atoms with E-state index in [4.69, 9.17) is 10.8 Å². The van der Waals surface area contributed by atoms with Crippen molar-refractivity contribution in [1.29, 1.82) is 0 Å². The summed E-state index contributed by atoms with van der Waals surface area (Å²) >= 11 is 8.22. The Bertz CT molecular complexity index is 119. The molecular formula is C4H10N2O2S2Zn. The summed E-state index contributed by atoms with van der Waals surface area (Å²) in [5.74, 6) is 0. The Hall–Kier alpha value is 0.00338. The van der Waals surface area contributed by atoms with E-state index >= 15 is 0 Å². The molecule has 0 atom stereocenters. The van der Waals surface area contributed by atoms with Crippen molar-refractivity contribution in [2.45, 2.75) is 6.92 Å². The molecular weight excluding hydrogens is 238 g/mol. The molecule has 0 aliphatic rings. The van der Waals surface area contributed by atoms with Gasteiger partial charge in [-0.25, -0.2) is 0 Å². The second-order valence-corrected chi connectivity index (χ2v) is 1.91. The number of aliphatic hydroxyl groups excluding tert-OH is 1. The second kappa shape index (κ2) is 12.7. The zero-order valence-electron chi connectivity index (χ0n) is 6.24. The molecule has 0 fully saturated rings. The number of nitrogens with two attached hydrogens (primary N) is 2. The average molecular weight is 248 g/mol. The van der Waals surface area contributed by atoms with E-state index in [0.717, 1.165) is 0 Å². The second-order valence-electron chi connectivity index (χ2n) is 1.09. The fraction of sp³-hybridized carbons (Fsp3) is 0.500. The number of aliphatic hydroxyl groups is 1. The van der Waals surface area contributed by atoms with E-state index in [0.29, 0.717) is 6.61 Å². The van der Waals surface area contributed by atoms with Gasteiger partial charge in [0.25, 0.3) is 10.3 Å². The van der Waals surface area contributed by atoms with E-state index in [1.165, 1.54) is 0 Å². The monoisotopic (exact) mass is 246 g/mol. The number of rotatable bonds is 1. The molecule has 0 aliphatic carbocycles. The normalized spacial score (nSPS) is 6.27. The summed E-state index contributed by atoms with van der Waals surface area (Å²) in [6, 6.07) is 0. The minimum Gasteiger partial charge on any atom is -0.487 e. The van der Waals surface area contributed by atoms with Crippen molar-refractivity contribution in [2.75, 3.05) is 6.61 Å². The van der Waals surface area contributed by atoms with Crippen molar-refractivity contribution < 1.29 is 29.3 Å². The molecule has 4 nitrogen and oxygen atoms in total. The van der Waals surface area contributed by atoms with Crippen LogP contribution < -0.4 is 11.5 Å². The molecule has 0 saturated carbocycles. The van der Waals surface area contributed by atoms with Crippen molar-refractivity contribution in [2.24, 2.45) is 11.5 Å². The molecule has 0 bridgehead atoms. The van der Waals surface area contributed by atoms with Crippen molar-refractivity contribution in [3.05, 3.63) is 0 Å². The smallest absolute Gasteiger partial charge is 0.253 e. The van der Waals surface area contributed by atoms with Crippen molar-refractivity contribution in [3.8, 4) is 0 Å². The van der Waals surface area contributed by atoms with Crippen LogP contribution in [-0.2, 0) is 24.2 Å². The molecule has 0 unspecified atom stereocenters. The van der Waals surface area contributed by atoms with Gasteiger partial charge in [0.15, 0.2) is 0 Å². The third kappa shape index (κ3) is 71.0. The first-order chi connectivity index (χ1) is 4.50. The summed E-state index contributed by atoms with van der Waals surface area (Å²) in [5.41, 5.74) is 9.31. The number of hydrogen-bond donors (Lipinski definition) is 3. The molecule has 0 aromatic carbocycles. The Kier molecular flexibility index (Phi) is 19.8. The van der Waals surface area contributed by atoms with Crippen LogP contribution in [-0.4, -0.2) is 22.1 Å². The van der Waals surface area contributed by atoms with Crippen LogP contribution >= 0.6 is 24.4 Å². The van der Waals surface area contributed by atoms with E-state index < -0.39 is 5.17 Å². The molecule has 0 rings (SSSR count). The van der Waals surface area contributed by atoms with Gasteiger partial charge in [-0.1, -0.05) is 0 Å². The van der Waals surface area contributed by atoms with Crippen molar-refractivity contribution in [3.63, 3.8) is 0 Å². The van der Waals surface area contributed by atoms with Crippen LogP contribution in [0.2, 0.25) is 0 Å². The van der Waals surface area contributed by atoms with Gasteiger partial charge in [-0.15, -0.1) is 0 Å². The summed E-state index contributed by atoms with van der Waals surface area (Å²) in [6.45, 7) is 2.40.